The summed E-state index contributed by atoms with van der Waals surface area (Å²) in [6, 6.07) is 0.570. The highest BCUT2D eigenvalue weighted by Crippen LogP contribution is 2.44. The van der Waals surface area contributed by atoms with E-state index in [4.69, 9.17) is 0 Å². The predicted molar refractivity (Wildman–Crippen MR) is 70.5 cm³/mol. The Kier molecular flexibility index (Phi) is 2.69. The number of rotatable bonds is 0. The standard InChI is InChI=1S/C15H22N2O2/c18-13-5-1-4-12-11-7-9(8-17(12)13)14-10(15(11)19)3-2-6-16-14/h9-12,14,16H,1-8H2/t9-,10-,11+,12+,14-/m0/s1. The average molecular weight is 262 g/mol. The van der Waals surface area contributed by atoms with Crippen LogP contribution in [0, 0.1) is 17.8 Å². The molecule has 1 N–H and O–H groups in total. The zero-order chi connectivity index (χ0) is 13.0. The highest BCUT2D eigenvalue weighted by molar-refractivity contribution is 5.88. The number of carbonyl (C=O) groups excluding carboxylic acids is 2. The summed E-state index contributed by atoms with van der Waals surface area (Å²) in [4.78, 5) is 26.9. The van der Waals surface area contributed by atoms with Crippen LogP contribution in [0.4, 0.5) is 0 Å². The smallest absolute Gasteiger partial charge is 0.222 e. The summed E-state index contributed by atoms with van der Waals surface area (Å²) in [7, 11) is 0. The molecule has 4 heteroatoms. The second-order valence-corrected chi connectivity index (χ2v) is 6.74. The molecule has 1 aliphatic carbocycles. The SMILES string of the molecule is O=C1[C@H]2CCCN[C@H]2[C@H]2C[C@@H]1[C@H]1CCCC(=O)N1C2. The third-order valence-corrected chi connectivity index (χ3v) is 5.81. The first-order chi connectivity index (χ1) is 9.25. The molecule has 4 fully saturated rings. The minimum absolute atomic E-state index is 0.143. The van der Waals surface area contributed by atoms with Crippen LogP contribution in [0.15, 0.2) is 0 Å². The molecule has 3 heterocycles. The summed E-state index contributed by atoms with van der Waals surface area (Å²) in [5, 5.41) is 3.56. The molecule has 1 saturated carbocycles. The van der Waals surface area contributed by atoms with Crippen LogP contribution in [-0.2, 0) is 9.59 Å². The van der Waals surface area contributed by atoms with E-state index in [0.717, 1.165) is 45.2 Å². The normalized spacial score (nSPS) is 45.7. The number of hydrogen-bond acceptors (Lipinski definition) is 3. The molecule has 0 unspecified atom stereocenters. The fourth-order valence-corrected chi connectivity index (χ4v) is 4.98. The average Bonchev–Trinajstić information content (AvgIpc) is 2.45. The monoisotopic (exact) mass is 262 g/mol. The lowest BCUT2D eigenvalue weighted by Crippen LogP contribution is -2.66. The molecule has 2 bridgehead atoms. The van der Waals surface area contributed by atoms with Gasteiger partial charge in [-0.2, -0.15) is 0 Å². The Labute approximate surface area is 113 Å². The van der Waals surface area contributed by atoms with Gasteiger partial charge in [0.2, 0.25) is 5.91 Å². The fourth-order valence-electron chi connectivity index (χ4n) is 4.98. The second-order valence-electron chi connectivity index (χ2n) is 6.74. The Morgan fingerprint density at radius 1 is 1.11 bits per heavy atom. The zero-order valence-corrected chi connectivity index (χ0v) is 11.3. The van der Waals surface area contributed by atoms with Crippen molar-refractivity contribution in [2.75, 3.05) is 13.1 Å². The van der Waals surface area contributed by atoms with E-state index < -0.39 is 0 Å². The maximum absolute atomic E-state index is 12.8. The van der Waals surface area contributed by atoms with Crippen molar-refractivity contribution in [3.8, 4) is 0 Å². The summed E-state index contributed by atoms with van der Waals surface area (Å²) in [5.41, 5.74) is 0. The van der Waals surface area contributed by atoms with Crippen molar-refractivity contribution in [1.29, 1.82) is 0 Å². The number of piperidine rings is 3. The summed E-state index contributed by atoms with van der Waals surface area (Å²) >= 11 is 0. The quantitative estimate of drug-likeness (QED) is 0.707. The summed E-state index contributed by atoms with van der Waals surface area (Å²) in [6.45, 7) is 1.93. The lowest BCUT2D eigenvalue weighted by Gasteiger charge is -2.54. The minimum atomic E-state index is 0.143. The van der Waals surface area contributed by atoms with Gasteiger partial charge in [0.1, 0.15) is 5.78 Å². The van der Waals surface area contributed by atoms with Crippen molar-refractivity contribution in [3.63, 3.8) is 0 Å². The van der Waals surface area contributed by atoms with Gasteiger partial charge in [-0.25, -0.2) is 0 Å². The third-order valence-electron chi connectivity index (χ3n) is 5.81. The van der Waals surface area contributed by atoms with Crippen LogP contribution in [0.5, 0.6) is 0 Å². The van der Waals surface area contributed by atoms with Crippen LogP contribution in [0.3, 0.4) is 0 Å². The van der Waals surface area contributed by atoms with E-state index in [1.807, 2.05) is 4.90 Å². The fraction of sp³-hybridized carbons (Fsp3) is 0.867. The Morgan fingerprint density at radius 3 is 2.89 bits per heavy atom. The van der Waals surface area contributed by atoms with Gasteiger partial charge in [0, 0.05) is 36.9 Å². The predicted octanol–water partition coefficient (Wildman–Crippen LogP) is 0.954. The lowest BCUT2D eigenvalue weighted by molar-refractivity contribution is -0.153. The van der Waals surface area contributed by atoms with E-state index in [-0.39, 0.29) is 23.8 Å². The summed E-state index contributed by atoms with van der Waals surface area (Å²) in [6.07, 6.45) is 5.90. The van der Waals surface area contributed by atoms with Crippen molar-refractivity contribution in [2.24, 2.45) is 17.8 Å². The van der Waals surface area contributed by atoms with Gasteiger partial charge < -0.3 is 10.2 Å². The molecule has 4 rings (SSSR count). The van der Waals surface area contributed by atoms with Gasteiger partial charge in [-0.3, -0.25) is 9.59 Å². The van der Waals surface area contributed by atoms with E-state index in [2.05, 4.69) is 5.32 Å². The Bertz CT molecular complexity index is 422. The zero-order valence-electron chi connectivity index (χ0n) is 11.3. The maximum Gasteiger partial charge on any atom is 0.222 e. The highest BCUT2D eigenvalue weighted by atomic mass is 16.2. The van der Waals surface area contributed by atoms with Crippen molar-refractivity contribution in [2.45, 2.75) is 50.6 Å². The van der Waals surface area contributed by atoms with Crippen molar-refractivity contribution < 1.29 is 9.59 Å². The Morgan fingerprint density at radius 2 is 2.00 bits per heavy atom. The van der Waals surface area contributed by atoms with E-state index >= 15 is 0 Å². The van der Waals surface area contributed by atoms with Crippen LogP contribution >= 0.6 is 0 Å². The number of fused-ring (bicyclic) bond motifs is 6. The summed E-state index contributed by atoms with van der Waals surface area (Å²) < 4.78 is 0. The molecule has 3 saturated heterocycles. The van der Waals surface area contributed by atoms with Gasteiger partial charge in [-0.1, -0.05) is 0 Å². The molecule has 19 heavy (non-hydrogen) atoms. The van der Waals surface area contributed by atoms with Gasteiger partial charge >= 0.3 is 0 Å². The minimum Gasteiger partial charge on any atom is -0.339 e. The molecule has 0 spiro atoms. The molecule has 4 aliphatic rings. The topological polar surface area (TPSA) is 49.4 Å². The number of carbonyl (C=O) groups is 2. The molecule has 0 aromatic rings. The van der Waals surface area contributed by atoms with E-state index in [0.29, 0.717) is 24.2 Å². The molecular weight excluding hydrogens is 240 g/mol. The van der Waals surface area contributed by atoms with Crippen LogP contribution in [-0.4, -0.2) is 41.8 Å². The van der Waals surface area contributed by atoms with Gasteiger partial charge in [0.25, 0.3) is 0 Å². The van der Waals surface area contributed by atoms with Gasteiger partial charge in [0.15, 0.2) is 0 Å². The van der Waals surface area contributed by atoms with Crippen LogP contribution in [0.25, 0.3) is 0 Å². The number of Topliss-reactive ketones (excluding diaryl/α,β-unsaturated/α-hetero) is 1. The molecule has 5 atom stereocenters. The number of ketones is 1. The molecular formula is C15H22N2O2. The van der Waals surface area contributed by atoms with E-state index in [1.54, 1.807) is 0 Å². The number of nitrogens with zero attached hydrogens (tertiary/aromatic N) is 1. The highest BCUT2D eigenvalue weighted by Gasteiger charge is 2.53. The first kappa shape index (κ1) is 11.9. The maximum atomic E-state index is 12.8. The Balaban J connectivity index is 1.66. The summed E-state index contributed by atoms with van der Waals surface area (Å²) in [5.74, 6) is 1.62. The molecule has 1 amide bonds. The van der Waals surface area contributed by atoms with Crippen molar-refractivity contribution in [1.82, 2.24) is 10.2 Å². The third kappa shape index (κ3) is 1.69. The van der Waals surface area contributed by atoms with Crippen LogP contribution in [0.1, 0.15) is 38.5 Å². The number of hydrogen-bond donors (Lipinski definition) is 1. The lowest BCUT2D eigenvalue weighted by atomic mass is 9.62. The number of nitrogens with one attached hydrogen (secondary N) is 1. The van der Waals surface area contributed by atoms with Gasteiger partial charge in [-0.15, -0.1) is 0 Å². The second kappa shape index (κ2) is 4.30. The molecule has 4 nitrogen and oxygen atoms in total. The first-order valence-electron chi connectivity index (χ1n) is 7.82. The van der Waals surface area contributed by atoms with Crippen molar-refractivity contribution >= 4 is 11.7 Å². The first-order valence-corrected chi connectivity index (χ1v) is 7.82. The molecule has 0 aromatic heterocycles. The molecule has 104 valence electrons. The Hall–Kier alpha value is -0.900. The molecule has 3 aliphatic heterocycles. The van der Waals surface area contributed by atoms with Crippen LogP contribution < -0.4 is 5.32 Å². The van der Waals surface area contributed by atoms with Crippen LogP contribution in [0.2, 0.25) is 0 Å². The number of amides is 1. The molecule has 0 aromatic carbocycles. The van der Waals surface area contributed by atoms with Gasteiger partial charge in [-0.05, 0) is 44.6 Å². The van der Waals surface area contributed by atoms with E-state index in [1.165, 1.54) is 0 Å². The largest absolute Gasteiger partial charge is 0.339 e. The van der Waals surface area contributed by atoms with E-state index in [9.17, 15) is 9.59 Å². The van der Waals surface area contributed by atoms with Crippen molar-refractivity contribution in [3.05, 3.63) is 0 Å². The molecule has 0 radical (unpaired) electrons. The van der Waals surface area contributed by atoms with Gasteiger partial charge in [0.05, 0.1) is 0 Å².